The van der Waals surface area contributed by atoms with E-state index in [2.05, 4.69) is 5.32 Å². The molecule has 0 aromatic heterocycles. The van der Waals surface area contributed by atoms with Crippen LogP contribution in [0.2, 0.25) is 0 Å². The highest BCUT2D eigenvalue weighted by molar-refractivity contribution is 6.18. The summed E-state index contributed by atoms with van der Waals surface area (Å²) >= 11 is 5.51. The Bertz CT molecular complexity index is 348. The van der Waals surface area contributed by atoms with E-state index in [1.807, 2.05) is 0 Å². The molecule has 1 aliphatic carbocycles. The minimum atomic E-state index is -0.607. The highest BCUT2D eigenvalue weighted by Gasteiger charge is 2.50. The molecule has 4 nitrogen and oxygen atoms in total. The Labute approximate surface area is 106 Å². The van der Waals surface area contributed by atoms with Gasteiger partial charge in [0.2, 0.25) is 0 Å². The Hall–Kier alpha value is -1.03. The second-order valence-corrected chi connectivity index (χ2v) is 4.92. The molecule has 1 N–H and O–H groups in total. The predicted molar refractivity (Wildman–Crippen MR) is 65.9 cm³/mol. The molecule has 94 valence electrons. The van der Waals surface area contributed by atoms with Crippen molar-refractivity contribution >= 4 is 23.5 Å². The van der Waals surface area contributed by atoms with Gasteiger partial charge in [0.25, 0.3) is 5.91 Å². The first-order valence-corrected chi connectivity index (χ1v) is 6.58. The lowest BCUT2D eigenvalue weighted by molar-refractivity contribution is -0.132. The van der Waals surface area contributed by atoms with E-state index in [0.717, 1.165) is 32.1 Å². The number of nitrogens with zero attached hydrogens (tertiary/aromatic N) is 1. The second kappa shape index (κ2) is 5.08. The topological polar surface area (TPSA) is 49.4 Å². The highest BCUT2D eigenvalue weighted by atomic mass is 35.5. The van der Waals surface area contributed by atoms with Gasteiger partial charge in [0, 0.05) is 12.4 Å². The number of urea groups is 1. The zero-order valence-corrected chi connectivity index (χ0v) is 10.5. The molecule has 2 aliphatic rings. The molecule has 17 heavy (non-hydrogen) atoms. The van der Waals surface area contributed by atoms with Crippen LogP contribution in [0, 0.1) is 0 Å². The van der Waals surface area contributed by atoms with Crippen LogP contribution in [0.25, 0.3) is 0 Å². The Kier molecular flexibility index (Phi) is 3.72. The summed E-state index contributed by atoms with van der Waals surface area (Å²) in [5, 5.41) is 2.87. The molecule has 0 aromatic rings. The lowest BCUT2D eigenvalue weighted by Gasteiger charge is -2.30. The maximum absolute atomic E-state index is 12.3. The predicted octanol–water partition coefficient (Wildman–Crippen LogP) is 2.04. The molecule has 0 unspecified atom stereocenters. The largest absolute Gasteiger partial charge is 0.325 e. The number of allylic oxidation sites excluding steroid dienone is 1. The standard InChI is InChI=1S/C12H17ClN2O2/c13-8-4-5-9-15-10(16)12(14-11(15)17)6-2-1-3-7-12/h4-5H,1-3,6-9H2,(H,14,17). The number of hydrogen-bond donors (Lipinski definition) is 1. The number of halogens is 1. The van der Waals surface area contributed by atoms with Crippen LogP contribution in [0.1, 0.15) is 32.1 Å². The molecule has 0 bridgehead atoms. The van der Waals surface area contributed by atoms with E-state index in [0.29, 0.717) is 12.4 Å². The van der Waals surface area contributed by atoms with Crippen LogP contribution in [-0.2, 0) is 4.79 Å². The van der Waals surface area contributed by atoms with Gasteiger partial charge < -0.3 is 5.32 Å². The molecule has 2 rings (SSSR count). The van der Waals surface area contributed by atoms with Gasteiger partial charge in [-0.2, -0.15) is 0 Å². The Morgan fingerprint density at radius 3 is 2.59 bits per heavy atom. The van der Waals surface area contributed by atoms with Crippen molar-refractivity contribution in [2.75, 3.05) is 12.4 Å². The van der Waals surface area contributed by atoms with E-state index in [-0.39, 0.29) is 11.9 Å². The van der Waals surface area contributed by atoms with Crippen LogP contribution in [0.3, 0.4) is 0 Å². The van der Waals surface area contributed by atoms with Crippen molar-refractivity contribution in [3.05, 3.63) is 12.2 Å². The fraction of sp³-hybridized carbons (Fsp3) is 0.667. The molecule has 1 aliphatic heterocycles. The lowest BCUT2D eigenvalue weighted by atomic mass is 9.82. The molecule has 0 atom stereocenters. The van der Waals surface area contributed by atoms with Gasteiger partial charge in [-0.05, 0) is 12.8 Å². The first-order valence-electron chi connectivity index (χ1n) is 6.05. The molecule has 3 amide bonds. The zero-order chi connectivity index (χ0) is 12.3. The average Bonchev–Trinajstić information content (AvgIpc) is 2.55. The molecule has 1 saturated carbocycles. The summed E-state index contributed by atoms with van der Waals surface area (Å²) in [6, 6.07) is -0.267. The summed E-state index contributed by atoms with van der Waals surface area (Å²) in [6.45, 7) is 0.319. The smallest absolute Gasteiger partial charge is 0.323 e. The van der Waals surface area contributed by atoms with Crippen LogP contribution in [0.4, 0.5) is 4.79 Å². The van der Waals surface area contributed by atoms with Gasteiger partial charge >= 0.3 is 6.03 Å². The van der Waals surface area contributed by atoms with Gasteiger partial charge in [0.15, 0.2) is 0 Å². The van der Waals surface area contributed by atoms with Crippen LogP contribution in [0.5, 0.6) is 0 Å². The van der Waals surface area contributed by atoms with Crippen molar-refractivity contribution in [1.29, 1.82) is 0 Å². The number of carbonyl (C=O) groups excluding carboxylic acids is 2. The summed E-state index contributed by atoms with van der Waals surface area (Å²) in [7, 11) is 0. The van der Waals surface area contributed by atoms with Gasteiger partial charge in [0.1, 0.15) is 5.54 Å². The fourth-order valence-corrected chi connectivity index (χ4v) is 2.71. The molecular weight excluding hydrogens is 240 g/mol. The summed E-state index contributed by atoms with van der Waals surface area (Å²) in [4.78, 5) is 25.3. The molecule has 1 saturated heterocycles. The van der Waals surface area contributed by atoms with Crippen molar-refractivity contribution in [3.63, 3.8) is 0 Å². The van der Waals surface area contributed by atoms with Crippen molar-refractivity contribution < 1.29 is 9.59 Å². The van der Waals surface area contributed by atoms with Gasteiger partial charge in [-0.25, -0.2) is 4.79 Å². The van der Waals surface area contributed by atoms with E-state index in [4.69, 9.17) is 11.6 Å². The van der Waals surface area contributed by atoms with Crippen molar-refractivity contribution in [2.24, 2.45) is 0 Å². The Balaban J connectivity index is 2.07. The van der Waals surface area contributed by atoms with Crippen LogP contribution in [-0.4, -0.2) is 34.8 Å². The van der Waals surface area contributed by atoms with Crippen LogP contribution in [0.15, 0.2) is 12.2 Å². The quantitative estimate of drug-likeness (QED) is 0.477. The third-order valence-corrected chi connectivity index (χ3v) is 3.67. The molecular formula is C12H17ClN2O2. The number of hydrogen-bond acceptors (Lipinski definition) is 2. The number of alkyl halides is 1. The normalized spacial score (nSPS) is 23.7. The monoisotopic (exact) mass is 256 g/mol. The third-order valence-electron chi connectivity index (χ3n) is 3.50. The molecule has 0 aromatic carbocycles. The van der Waals surface area contributed by atoms with Gasteiger partial charge in [-0.3, -0.25) is 9.69 Å². The first-order chi connectivity index (χ1) is 8.19. The van der Waals surface area contributed by atoms with Crippen LogP contribution < -0.4 is 5.32 Å². The number of amides is 3. The SMILES string of the molecule is O=C1NC2(CCCCC2)C(=O)N1CC=CCCl. The summed E-state index contributed by atoms with van der Waals surface area (Å²) in [6.07, 6.45) is 8.21. The van der Waals surface area contributed by atoms with E-state index < -0.39 is 5.54 Å². The Morgan fingerprint density at radius 1 is 1.24 bits per heavy atom. The van der Waals surface area contributed by atoms with Crippen molar-refractivity contribution in [3.8, 4) is 0 Å². The number of carbonyl (C=O) groups is 2. The number of nitrogens with one attached hydrogen (secondary N) is 1. The number of imide groups is 1. The lowest BCUT2D eigenvalue weighted by Crippen LogP contribution is -2.48. The van der Waals surface area contributed by atoms with Crippen LogP contribution >= 0.6 is 11.6 Å². The first kappa shape index (κ1) is 12.4. The summed E-state index contributed by atoms with van der Waals surface area (Å²) < 4.78 is 0. The summed E-state index contributed by atoms with van der Waals surface area (Å²) in [5.41, 5.74) is -0.607. The fourth-order valence-electron chi connectivity index (χ4n) is 2.58. The van der Waals surface area contributed by atoms with E-state index in [1.54, 1.807) is 12.2 Å². The number of rotatable bonds is 3. The van der Waals surface area contributed by atoms with Crippen molar-refractivity contribution in [1.82, 2.24) is 10.2 Å². The molecule has 5 heteroatoms. The minimum absolute atomic E-state index is 0.0681. The van der Waals surface area contributed by atoms with Gasteiger partial charge in [-0.15, -0.1) is 11.6 Å². The van der Waals surface area contributed by atoms with Gasteiger partial charge in [-0.1, -0.05) is 31.4 Å². The molecule has 1 heterocycles. The second-order valence-electron chi connectivity index (χ2n) is 4.61. The maximum atomic E-state index is 12.3. The van der Waals surface area contributed by atoms with E-state index >= 15 is 0 Å². The van der Waals surface area contributed by atoms with E-state index in [9.17, 15) is 9.59 Å². The average molecular weight is 257 g/mol. The molecule has 1 spiro atoms. The zero-order valence-electron chi connectivity index (χ0n) is 9.75. The van der Waals surface area contributed by atoms with Gasteiger partial charge in [0.05, 0.1) is 0 Å². The summed E-state index contributed by atoms with van der Waals surface area (Å²) in [5.74, 6) is 0.329. The third kappa shape index (κ3) is 2.32. The highest BCUT2D eigenvalue weighted by Crippen LogP contribution is 2.33. The minimum Gasteiger partial charge on any atom is -0.323 e. The molecule has 2 fully saturated rings. The van der Waals surface area contributed by atoms with Crippen molar-refractivity contribution in [2.45, 2.75) is 37.6 Å². The van der Waals surface area contributed by atoms with E-state index in [1.165, 1.54) is 4.90 Å². The molecule has 0 radical (unpaired) electrons. The Morgan fingerprint density at radius 2 is 1.94 bits per heavy atom. The maximum Gasteiger partial charge on any atom is 0.325 e.